The van der Waals surface area contributed by atoms with Gasteiger partial charge in [-0.1, -0.05) is 0 Å². The first kappa shape index (κ1) is 7.06. The Balaban J connectivity index is 1.99. The highest BCUT2D eigenvalue weighted by Gasteiger charge is 2.29. The average molecular weight is 156 g/mol. The van der Waals surface area contributed by atoms with Crippen LogP contribution in [0.2, 0.25) is 0 Å². The van der Waals surface area contributed by atoms with Crippen molar-refractivity contribution in [1.82, 2.24) is 10.2 Å². The first-order valence-corrected chi connectivity index (χ1v) is 3.94. The number of fused-ring (bicyclic) bond motifs is 2. The lowest BCUT2D eigenvalue weighted by atomic mass is 10.1. The number of morpholine rings is 2. The van der Waals surface area contributed by atoms with Gasteiger partial charge in [0, 0.05) is 26.2 Å². The molecular formula is C7H12N2O2. The van der Waals surface area contributed by atoms with E-state index in [-0.39, 0.29) is 12.2 Å². The molecule has 2 aliphatic rings. The fraction of sp³-hybridized carbons (Fsp3) is 0.857. The molecule has 2 aliphatic heterocycles. The Kier molecular flexibility index (Phi) is 1.79. The van der Waals surface area contributed by atoms with Crippen LogP contribution in [0.1, 0.15) is 0 Å². The Bertz CT molecular complexity index is 151. The number of nitrogens with one attached hydrogen (secondary N) is 1. The first-order valence-electron chi connectivity index (χ1n) is 3.94. The maximum Gasteiger partial charge on any atom is 0.209 e. The van der Waals surface area contributed by atoms with E-state index < -0.39 is 0 Å². The molecule has 2 unspecified atom stereocenters. The zero-order valence-electron chi connectivity index (χ0n) is 6.32. The molecule has 0 aliphatic carbocycles. The Labute approximate surface area is 65.5 Å². The minimum absolute atomic E-state index is 0.215. The topological polar surface area (TPSA) is 41.6 Å². The Morgan fingerprint density at radius 2 is 2.00 bits per heavy atom. The van der Waals surface area contributed by atoms with E-state index >= 15 is 0 Å². The summed E-state index contributed by atoms with van der Waals surface area (Å²) in [4.78, 5) is 12.2. The standard InChI is InChI=1S/C7H12N2O2/c10-5-9-3-6-1-8-2-7(4-9)11-6/h5-8H,1-4H2. The van der Waals surface area contributed by atoms with Crippen LogP contribution in [0.5, 0.6) is 0 Å². The van der Waals surface area contributed by atoms with Crippen LogP contribution in [-0.2, 0) is 9.53 Å². The van der Waals surface area contributed by atoms with E-state index in [1.54, 1.807) is 4.90 Å². The van der Waals surface area contributed by atoms with Crippen LogP contribution in [0.15, 0.2) is 0 Å². The highest BCUT2D eigenvalue weighted by atomic mass is 16.5. The van der Waals surface area contributed by atoms with Gasteiger partial charge in [0.15, 0.2) is 0 Å². The van der Waals surface area contributed by atoms with Crippen LogP contribution in [0.3, 0.4) is 0 Å². The predicted octanol–water partition coefficient (Wildman–Crippen LogP) is -1.18. The quantitative estimate of drug-likeness (QED) is 0.486. The number of ether oxygens (including phenoxy) is 1. The van der Waals surface area contributed by atoms with Crippen LogP contribution >= 0.6 is 0 Å². The van der Waals surface area contributed by atoms with Gasteiger partial charge in [0.1, 0.15) is 0 Å². The van der Waals surface area contributed by atoms with Crippen molar-refractivity contribution in [2.45, 2.75) is 12.2 Å². The van der Waals surface area contributed by atoms with Gasteiger partial charge in [-0.05, 0) is 0 Å². The first-order chi connectivity index (χ1) is 5.38. The van der Waals surface area contributed by atoms with Crippen molar-refractivity contribution in [3.05, 3.63) is 0 Å². The van der Waals surface area contributed by atoms with E-state index in [9.17, 15) is 4.79 Å². The Hall–Kier alpha value is -0.610. The molecule has 1 N–H and O–H groups in total. The fourth-order valence-electron chi connectivity index (χ4n) is 1.67. The van der Waals surface area contributed by atoms with Gasteiger partial charge < -0.3 is 15.0 Å². The Morgan fingerprint density at radius 1 is 1.36 bits per heavy atom. The monoisotopic (exact) mass is 156 g/mol. The molecule has 0 spiro atoms. The van der Waals surface area contributed by atoms with E-state index in [2.05, 4.69) is 5.32 Å². The van der Waals surface area contributed by atoms with Gasteiger partial charge >= 0.3 is 0 Å². The molecule has 0 aromatic heterocycles. The summed E-state index contributed by atoms with van der Waals surface area (Å²) in [6, 6.07) is 0. The van der Waals surface area contributed by atoms with Crippen molar-refractivity contribution in [2.24, 2.45) is 0 Å². The summed E-state index contributed by atoms with van der Waals surface area (Å²) in [7, 11) is 0. The molecule has 62 valence electrons. The zero-order chi connectivity index (χ0) is 7.68. The lowest BCUT2D eigenvalue weighted by molar-refractivity contribution is -0.137. The van der Waals surface area contributed by atoms with Crippen LogP contribution in [-0.4, -0.2) is 49.7 Å². The highest BCUT2D eigenvalue weighted by Crippen LogP contribution is 2.12. The summed E-state index contributed by atoms with van der Waals surface area (Å²) in [5.74, 6) is 0. The van der Waals surface area contributed by atoms with Crippen LogP contribution in [0.4, 0.5) is 0 Å². The summed E-state index contributed by atoms with van der Waals surface area (Å²) >= 11 is 0. The summed E-state index contributed by atoms with van der Waals surface area (Å²) < 4.78 is 5.59. The van der Waals surface area contributed by atoms with Crippen LogP contribution in [0, 0.1) is 0 Å². The molecule has 0 aromatic rings. The molecule has 1 amide bonds. The number of hydrogen-bond acceptors (Lipinski definition) is 3. The molecule has 0 saturated carbocycles. The van der Waals surface area contributed by atoms with Crippen molar-refractivity contribution in [1.29, 1.82) is 0 Å². The van der Waals surface area contributed by atoms with Crippen molar-refractivity contribution in [3.8, 4) is 0 Å². The smallest absolute Gasteiger partial charge is 0.209 e. The van der Waals surface area contributed by atoms with Crippen LogP contribution in [0.25, 0.3) is 0 Å². The summed E-state index contributed by atoms with van der Waals surface area (Å²) in [6.45, 7) is 3.24. The van der Waals surface area contributed by atoms with E-state index in [0.29, 0.717) is 0 Å². The van der Waals surface area contributed by atoms with E-state index in [4.69, 9.17) is 4.74 Å². The number of hydrogen-bond donors (Lipinski definition) is 1. The number of rotatable bonds is 1. The second kappa shape index (κ2) is 2.79. The summed E-state index contributed by atoms with van der Waals surface area (Å²) in [5, 5.41) is 3.26. The van der Waals surface area contributed by atoms with Crippen molar-refractivity contribution < 1.29 is 9.53 Å². The molecule has 2 fully saturated rings. The molecule has 2 rings (SSSR count). The third-order valence-electron chi connectivity index (χ3n) is 2.15. The zero-order valence-corrected chi connectivity index (χ0v) is 6.32. The van der Waals surface area contributed by atoms with Crippen molar-refractivity contribution in [2.75, 3.05) is 26.2 Å². The van der Waals surface area contributed by atoms with Gasteiger partial charge in [-0.2, -0.15) is 0 Å². The minimum atomic E-state index is 0.215. The predicted molar refractivity (Wildman–Crippen MR) is 39.2 cm³/mol. The lowest BCUT2D eigenvalue weighted by Crippen LogP contribution is -2.57. The second-order valence-electron chi connectivity index (χ2n) is 3.10. The molecule has 4 heteroatoms. The van der Waals surface area contributed by atoms with E-state index in [1.165, 1.54) is 0 Å². The summed E-state index contributed by atoms with van der Waals surface area (Å²) in [6.07, 6.45) is 1.34. The summed E-state index contributed by atoms with van der Waals surface area (Å²) in [5.41, 5.74) is 0. The molecule has 0 radical (unpaired) electrons. The second-order valence-corrected chi connectivity index (χ2v) is 3.10. The van der Waals surface area contributed by atoms with Gasteiger partial charge in [-0.15, -0.1) is 0 Å². The molecular weight excluding hydrogens is 144 g/mol. The fourth-order valence-corrected chi connectivity index (χ4v) is 1.67. The van der Waals surface area contributed by atoms with Crippen molar-refractivity contribution in [3.63, 3.8) is 0 Å². The largest absolute Gasteiger partial charge is 0.369 e. The number of amides is 1. The number of carbonyl (C=O) groups is 1. The van der Waals surface area contributed by atoms with Gasteiger partial charge in [0.2, 0.25) is 6.41 Å². The number of nitrogens with zero attached hydrogens (tertiary/aromatic N) is 1. The van der Waals surface area contributed by atoms with E-state index in [0.717, 1.165) is 32.6 Å². The molecule has 2 atom stereocenters. The third kappa shape index (κ3) is 1.36. The number of carbonyl (C=O) groups excluding carboxylic acids is 1. The normalized spacial score (nSPS) is 36.9. The average Bonchev–Trinajstić information content (AvgIpc) is 2.03. The maximum atomic E-state index is 10.4. The molecule has 11 heavy (non-hydrogen) atoms. The molecule has 4 nitrogen and oxygen atoms in total. The lowest BCUT2D eigenvalue weighted by Gasteiger charge is -2.40. The molecule has 2 bridgehead atoms. The molecule has 2 heterocycles. The SMILES string of the molecule is O=CN1CC2CNCC(C1)O2. The molecule has 0 aromatic carbocycles. The molecule has 2 saturated heterocycles. The van der Waals surface area contributed by atoms with Gasteiger partial charge in [-0.3, -0.25) is 4.79 Å². The van der Waals surface area contributed by atoms with E-state index in [1.807, 2.05) is 0 Å². The third-order valence-corrected chi connectivity index (χ3v) is 2.15. The maximum absolute atomic E-state index is 10.4. The van der Waals surface area contributed by atoms with Gasteiger partial charge in [-0.25, -0.2) is 0 Å². The van der Waals surface area contributed by atoms with Crippen molar-refractivity contribution >= 4 is 6.41 Å². The van der Waals surface area contributed by atoms with Gasteiger partial charge in [0.25, 0.3) is 0 Å². The highest BCUT2D eigenvalue weighted by molar-refractivity contribution is 5.47. The Morgan fingerprint density at radius 3 is 2.55 bits per heavy atom. The van der Waals surface area contributed by atoms with Crippen LogP contribution < -0.4 is 5.32 Å². The van der Waals surface area contributed by atoms with Gasteiger partial charge in [0.05, 0.1) is 12.2 Å². The minimum Gasteiger partial charge on any atom is -0.369 e.